The van der Waals surface area contributed by atoms with Gasteiger partial charge in [0.2, 0.25) is 9.72 Å². The van der Waals surface area contributed by atoms with Crippen molar-refractivity contribution in [2.75, 3.05) is 0 Å². The molecule has 3 nitrogen and oxygen atoms in total. The predicted molar refractivity (Wildman–Crippen MR) is 57.5 cm³/mol. The molecule has 2 rings (SSSR count). The van der Waals surface area contributed by atoms with E-state index in [4.69, 9.17) is 4.52 Å². The summed E-state index contributed by atoms with van der Waals surface area (Å²) in [5.41, 5.74) is 0. The lowest BCUT2D eigenvalue weighted by Gasteiger charge is -2.06. The Bertz CT molecular complexity index is 266. The maximum Gasteiger partial charge on any atom is 0.232 e. The van der Waals surface area contributed by atoms with E-state index < -0.39 is 0 Å². The van der Waals surface area contributed by atoms with Gasteiger partial charge in [-0.3, -0.25) is 0 Å². The fourth-order valence-electron chi connectivity index (χ4n) is 1.91. The molecular formula is C9H13IN2O. The van der Waals surface area contributed by atoms with Crippen molar-refractivity contribution in [3.63, 3.8) is 0 Å². The first-order valence-electron chi connectivity index (χ1n) is 4.85. The van der Waals surface area contributed by atoms with E-state index in [2.05, 4.69) is 32.7 Å². The molecule has 0 aliphatic heterocycles. The molecule has 1 aliphatic carbocycles. The molecule has 0 radical (unpaired) electrons. The number of nitrogens with zero attached hydrogens (tertiary/aromatic N) is 2. The summed E-state index contributed by atoms with van der Waals surface area (Å²) in [5, 5.41) is 3.82. The summed E-state index contributed by atoms with van der Waals surface area (Å²) < 4.78 is 5.92. The zero-order valence-corrected chi connectivity index (χ0v) is 9.66. The van der Waals surface area contributed by atoms with Crippen LogP contribution in [0.4, 0.5) is 0 Å². The van der Waals surface area contributed by atoms with E-state index in [1.54, 1.807) is 0 Å². The highest BCUT2D eigenvalue weighted by Crippen LogP contribution is 2.30. The minimum atomic E-state index is 0.526. The minimum Gasteiger partial charge on any atom is -0.338 e. The predicted octanol–water partition coefficient (Wildman–Crippen LogP) is 3.11. The molecule has 0 aromatic carbocycles. The molecule has 0 unspecified atom stereocenters. The maximum atomic E-state index is 5.19. The van der Waals surface area contributed by atoms with Gasteiger partial charge in [0.05, 0.1) is 0 Å². The van der Waals surface area contributed by atoms with Crippen LogP contribution in [0.2, 0.25) is 0 Å². The Kier molecular flexibility index (Phi) is 3.18. The van der Waals surface area contributed by atoms with Crippen molar-refractivity contribution < 1.29 is 4.52 Å². The highest BCUT2D eigenvalue weighted by Gasteiger charge is 2.19. The Morgan fingerprint density at radius 1 is 1.15 bits per heavy atom. The molecule has 4 heteroatoms. The number of hydrogen-bond acceptors (Lipinski definition) is 3. The average Bonchev–Trinajstić information content (AvgIpc) is 2.43. The van der Waals surface area contributed by atoms with E-state index in [1.165, 1.54) is 38.5 Å². The third-order valence-electron chi connectivity index (χ3n) is 2.62. The summed E-state index contributed by atoms with van der Waals surface area (Å²) in [7, 11) is 0. The summed E-state index contributed by atoms with van der Waals surface area (Å²) in [5.74, 6) is 1.38. The third-order valence-corrected chi connectivity index (χ3v) is 3.06. The highest BCUT2D eigenvalue weighted by atomic mass is 127. The van der Waals surface area contributed by atoms with Gasteiger partial charge in [0.25, 0.3) is 0 Å². The van der Waals surface area contributed by atoms with Crippen molar-refractivity contribution in [2.45, 2.75) is 44.4 Å². The molecule has 1 fully saturated rings. The van der Waals surface area contributed by atoms with E-state index in [9.17, 15) is 0 Å². The molecule has 13 heavy (non-hydrogen) atoms. The van der Waals surface area contributed by atoms with Crippen LogP contribution in [0.15, 0.2) is 4.52 Å². The van der Waals surface area contributed by atoms with Gasteiger partial charge in [0.1, 0.15) is 0 Å². The van der Waals surface area contributed by atoms with Gasteiger partial charge in [-0.1, -0.05) is 30.8 Å². The molecule has 1 heterocycles. The van der Waals surface area contributed by atoms with E-state index in [-0.39, 0.29) is 0 Å². The Morgan fingerprint density at radius 2 is 1.85 bits per heavy atom. The minimum absolute atomic E-state index is 0.526. The Labute approximate surface area is 91.4 Å². The van der Waals surface area contributed by atoms with Crippen LogP contribution in [0.3, 0.4) is 0 Å². The van der Waals surface area contributed by atoms with Gasteiger partial charge in [-0.25, -0.2) is 0 Å². The fraction of sp³-hybridized carbons (Fsp3) is 0.778. The fourth-order valence-corrected chi connectivity index (χ4v) is 2.24. The van der Waals surface area contributed by atoms with Crippen LogP contribution in [-0.2, 0) is 0 Å². The summed E-state index contributed by atoms with van der Waals surface area (Å²) in [6, 6.07) is 0. The van der Waals surface area contributed by atoms with Crippen LogP contribution < -0.4 is 0 Å². The first-order valence-corrected chi connectivity index (χ1v) is 5.93. The SMILES string of the molecule is Ic1noc(C2CCCCCC2)n1. The van der Waals surface area contributed by atoms with Gasteiger partial charge >= 0.3 is 0 Å². The van der Waals surface area contributed by atoms with Crippen molar-refractivity contribution >= 4 is 22.6 Å². The second-order valence-corrected chi connectivity index (χ2v) is 4.55. The standard InChI is InChI=1S/C9H13IN2O/c10-9-11-8(13-12-9)7-5-3-1-2-4-6-7/h7H,1-6H2. The Balaban J connectivity index is 2.06. The zero-order chi connectivity index (χ0) is 9.10. The van der Waals surface area contributed by atoms with Gasteiger partial charge in [0, 0.05) is 28.5 Å². The third kappa shape index (κ3) is 2.42. The lowest BCUT2D eigenvalue weighted by molar-refractivity contribution is 0.338. The van der Waals surface area contributed by atoms with Crippen molar-refractivity contribution in [1.82, 2.24) is 10.1 Å². The second-order valence-electron chi connectivity index (χ2n) is 3.59. The molecule has 0 bridgehead atoms. The van der Waals surface area contributed by atoms with Gasteiger partial charge in [-0.05, 0) is 12.8 Å². The Hall–Kier alpha value is -0.130. The zero-order valence-electron chi connectivity index (χ0n) is 7.50. The molecule has 0 spiro atoms. The van der Waals surface area contributed by atoms with Crippen LogP contribution in [0, 0.1) is 3.83 Å². The van der Waals surface area contributed by atoms with Crippen molar-refractivity contribution in [3.05, 3.63) is 9.72 Å². The number of hydrogen-bond donors (Lipinski definition) is 0. The number of aromatic nitrogens is 2. The second kappa shape index (κ2) is 4.39. The van der Waals surface area contributed by atoms with Crippen LogP contribution in [0.1, 0.15) is 50.3 Å². The molecule has 0 atom stereocenters. The summed E-state index contributed by atoms with van der Waals surface area (Å²) >= 11 is 2.09. The maximum absolute atomic E-state index is 5.19. The number of halogens is 1. The Morgan fingerprint density at radius 3 is 2.38 bits per heavy atom. The van der Waals surface area contributed by atoms with Gasteiger partial charge in [-0.15, -0.1) is 0 Å². The quantitative estimate of drug-likeness (QED) is 0.589. The monoisotopic (exact) mass is 292 g/mol. The van der Waals surface area contributed by atoms with Crippen molar-refractivity contribution in [2.24, 2.45) is 0 Å². The van der Waals surface area contributed by atoms with Crippen molar-refractivity contribution in [1.29, 1.82) is 0 Å². The van der Waals surface area contributed by atoms with Gasteiger partial charge < -0.3 is 4.52 Å². The molecule has 1 saturated carbocycles. The average molecular weight is 292 g/mol. The summed E-state index contributed by atoms with van der Waals surface area (Å²) in [6.07, 6.45) is 7.78. The molecule has 72 valence electrons. The van der Waals surface area contributed by atoms with Crippen LogP contribution in [0.5, 0.6) is 0 Å². The topological polar surface area (TPSA) is 38.9 Å². The van der Waals surface area contributed by atoms with E-state index >= 15 is 0 Å². The molecule has 0 N–H and O–H groups in total. The van der Waals surface area contributed by atoms with E-state index in [0.717, 1.165) is 9.72 Å². The van der Waals surface area contributed by atoms with Gasteiger partial charge in [-0.2, -0.15) is 4.98 Å². The molecule has 0 amide bonds. The lowest BCUT2D eigenvalue weighted by atomic mass is 10.0. The highest BCUT2D eigenvalue weighted by molar-refractivity contribution is 14.1. The molecule has 0 saturated heterocycles. The molecule has 1 aromatic rings. The smallest absolute Gasteiger partial charge is 0.232 e. The normalized spacial score (nSPS) is 20.1. The first-order chi connectivity index (χ1) is 6.36. The van der Waals surface area contributed by atoms with Crippen LogP contribution >= 0.6 is 22.6 Å². The first kappa shape index (κ1) is 9.43. The lowest BCUT2D eigenvalue weighted by Crippen LogP contribution is -1.97. The molecule has 1 aliphatic rings. The number of rotatable bonds is 1. The van der Waals surface area contributed by atoms with Crippen LogP contribution in [0.25, 0.3) is 0 Å². The largest absolute Gasteiger partial charge is 0.338 e. The van der Waals surface area contributed by atoms with E-state index in [0.29, 0.717) is 5.92 Å². The summed E-state index contributed by atoms with van der Waals surface area (Å²) in [4.78, 5) is 4.28. The summed E-state index contributed by atoms with van der Waals surface area (Å²) in [6.45, 7) is 0. The molecule has 1 aromatic heterocycles. The van der Waals surface area contributed by atoms with Crippen molar-refractivity contribution in [3.8, 4) is 0 Å². The van der Waals surface area contributed by atoms with Gasteiger partial charge in [0.15, 0.2) is 0 Å². The van der Waals surface area contributed by atoms with Crippen LogP contribution in [-0.4, -0.2) is 10.1 Å². The molecular weight excluding hydrogens is 279 g/mol. The van der Waals surface area contributed by atoms with E-state index in [1.807, 2.05) is 0 Å².